The van der Waals surface area contributed by atoms with Crippen molar-refractivity contribution in [2.75, 3.05) is 26.2 Å². The second kappa shape index (κ2) is 6.86. The first-order chi connectivity index (χ1) is 8.83. The molecular formula is C15H23FN2. The molecule has 0 bridgehead atoms. The summed E-state index contributed by atoms with van der Waals surface area (Å²) in [5.41, 5.74) is 0.868. The van der Waals surface area contributed by atoms with Gasteiger partial charge >= 0.3 is 0 Å². The van der Waals surface area contributed by atoms with Crippen molar-refractivity contribution >= 4 is 0 Å². The van der Waals surface area contributed by atoms with Crippen LogP contribution in [0.25, 0.3) is 0 Å². The molecule has 0 saturated carbocycles. The Morgan fingerprint density at radius 1 is 1.28 bits per heavy atom. The molecule has 100 valence electrons. The van der Waals surface area contributed by atoms with Gasteiger partial charge in [-0.25, -0.2) is 4.39 Å². The Hall–Kier alpha value is -0.930. The van der Waals surface area contributed by atoms with E-state index in [0.29, 0.717) is 0 Å². The average molecular weight is 250 g/mol. The fraction of sp³-hybridized carbons (Fsp3) is 0.600. The molecule has 1 atom stereocenters. The van der Waals surface area contributed by atoms with Crippen LogP contribution in [0.1, 0.15) is 37.8 Å². The van der Waals surface area contributed by atoms with Crippen LogP contribution in [0, 0.1) is 5.82 Å². The van der Waals surface area contributed by atoms with Crippen molar-refractivity contribution in [3.8, 4) is 0 Å². The maximum absolute atomic E-state index is 14.0. The van der Waals surface area contributed by atoms with Crippen molar-refractivity contribution in [3.63, 3.8) is 0 Å². The molecule has 2 nitrogen and oxygen atoms in total. The SMILES string of the molecule is CCCCC(c1ccccc1F)N1CCNCC1. The first kappa shape index (κ1) is 13.5. The predicted octanol–water partition coefficient (Wildman–Crippen LogP) is 2.96. The van der Waals surface area contributed by atoms with Gasteiger partial charge in [-0.15, -0.1) is 0 Å². The van der Waals surface area contributed by atoms with Gasteiger partial charge in [0, 0.05) is 37.8 Å². The summed E-state index contributed by atoms with van der Waals surface area (Å²) >= 11 is 0. The molecule has 18 heavy (non-hydrogen) atoms. The summed E-state index contributed by atoms with van der Waals surface area (Å²) in [5.74, 6) is -0.0582. The quantitative estimate of drug-likeness (QED) is 0.864. The van der Waals surface area contributed by atoms with Gasteiger partial charge in [-0.3, -0.25) is 4.90 Å². The van der Waals surface area contributed by atoms with Gasteiger partial charge in [-0.2, -0.15) is 0 Å². The monoisotopic (exact) mass is 250 g/mol. The highest BCUT2D eigenvalue weighted by Crippen LogP contribution is 2.28. The minimum Gasteiger partial charge on any atom is -0.314 e. The zero-order valence-electron chi connectivity index (χ0n) is 11.2. The zero-order chi connectivity index (χ0) is 12.8. The van der Waals surface area contributed by atoms with Crippen molar-refractivity contribution in [1.29, 1.82) is 0 Å². The van der Waals surface area contributed by atoms with Gasteiger partial charge in [0.25, 0.3) is 0 Å². The van der Waals surface area contributed by atoms with Gasteiger partial charge in [0.05, 0.1) is 0 Å². The van der Waals surface area contributed by atoms with Crippen molar-refractivity contribution < 1.29 is 4.39 Å². The van der Waals surface area contributed by atoms with E-state index < -0.39 is 0 Å². The Balaban J connectivity index is 2.15. The highest BCUT2D eigenvalue weighted by Gasteiger charge is 2.23. The molecule has 1 fully saturated rings. The molecule has 0 spiro atoms. The first-order valence-corrected chi connectivity index (χ1v) is 7.02. The molecule has 1 unspecified atom stereocenters. The molecule has 0 aliphatic carbocycles. The minimum absolute atomic E-state index is 0.0582. The molecule has 1 aromatic rings. The zero-order valence-corrected chi connectivity index (χ0v) is 11.2. The van der Waals surface area contributed by atoms with E-state index in [1.807, 2.05) is 12.1 Å². The van der Waals surface area contributed by atoms with Crippen LogP contribution >= 0.6 is 0 Å². The summed E-state index contributed by atoms with van der Waals surface area (Å²) in [6.45, 7) is 6.25. The van der Waals surface area contributed by atoms with E-state index in [9.17, 15) is 4.39 Å². The largest absolute Gasteiger partial charge is 0.314 e. The molecule has 0 aromatic heterocycles. The van der Waals surface area contributed by atoms with E-state index in [1.54, 1.807) is 12.1 Å². The van der Waals surface area contributed by atoms with E-state index >= 15 is 0 Å². The fourth-order valence-electron chi connectivity index (χ4n) is 2.67. The smallest absolute Gasteiger partial charge is 0.127 e. The molecule has 1 aromatic carbocycles. The second-order valence-corrected chi connectivity index (χ2v) is 4.97. The van der Waals surface area contributed by atoms with E-state index in [0.717, 1.165) is 51.0 Å². The maximum atomic E-state index is 14.0. The minimum atomic E-state index is -0.0582. The third-order valence-corrected chi connectivity index (χ3v) is 3.69. The van der Waals surface area contributed by atoms with Crippen molar-refractivity contribution in [1.82, 2.24) is 10.2 Å². The van der Waals surface area contributed by atoms with Gasteiger partial charge in [-0.05, 0) is 12.5 Å². The molecular weight excluding hydrogens is 227 g/mol. The van der Waals surface area contributed by atoms with Crippen LogP contribution in [0.2, 0.25) is 0 Å². The van der Waals surface area contributed by atoms with Crippen molar-refractivity contribution in [3.05, 3.63) is 35.6 Å². The number of piperazine rings is 1. The lowest BCUT2D eigenvalue weighted by Crippen LogP contribution is -2.45. The summed E-state index contributed by atoms with van der Waals surface area (Å²) in [7, 11) is 0. The van der Waals surface area contributed by atoms with E-state index in [2.05, 4.69) is 17.1 Å². The maximum Gasteiger partial charge on any atom is 0.127 e. The lowest BCUT2D eigenvalue weighted by molar-refractivity contribution is 0.160. The van der Waals surface area contributed by atoms with Crippen molar-refractivity contribution in [2.24, 2.45) is 0 Å². The molecule has 3 heteroatoms. The number of hydrogen-bond donors (Lipinski definition) is 1. The number of rotatable bonds is 5. The number of hydrogen-bond acceptors (Lipinski definition) is 2. The van der Waals surface area contributed by atoms with E-state index in [4.69, 9.17) is 0 Å². The molecule has 0 radical (unpaired) electrons. The lowest BCUT2D eigenvalue weighted by atomic mass is 9.98. The van der Waals surface area contributed by atoms with Crippen molar-refractivity contribution in [2.45, 2.75) is 32.2 Å². The van der Waals surface area contributed by atoms with E-state index in [-0.39, 0.29) is 11.9 Å². The number of unbranched alkanes of at least 4 members (excludes halogenated alkanes) is 1. The normalized spacial score (nSPS) is 18.8. The number of nitrogens with one attached hydrogen (secondary N) is 1. The van der Waals surface area contributed by atoms with E-state index in [1.165, 1.54) is 0 Å². The second-order valence-electron chi connectivity index (χ2n) is 4.97. The third kappa shape index (κ3) is 3.30. The summed E-state index contributed by atoms with van der Waals surface area (Å²) in [6.07, 6.45) is 3.37. The fourth-order valence-corrected chi connectivity index (χ4v) is 2.67. The summed E-state index contributed by atoms with van der Waals surface area (Å²) in [5, 5.41) is 3.36. The molecule has 0 amide bonds. The topological polar surface area (TPSA) is 15.3 Å². The Bertz CT molecular complexity index is 361. The summed E-state index contributed by atoms with van der Waals surface area (Å²) in [6, 6.07) is 7.48. The Kier molecular flexibility index (Phi) is 5.14. The van der Waals surface area contributed by atoms with Crippen LogP contribution in [0.4, 0.5) is 4.39 Å². The van der Waals surface area contributed by atoms with Crippen LogP contribution in [0.3, 0.4) is 0 Å². The molecule has 1 aliphatic rings. The molecule has 1 aliphatic heterocycles. The predicted molar refractivity (Wildman–Crippen MR) is 73.1 cm³/mol. The molecule has 1 heterocycles. The van der Waals surface area contributed by atoms with Gasteiger partial charge in [-0.1, -0.05) is 38.0 Å². The average Bonchev–Trinajstić information content (AvgIpc) is 2.42. The molecule has 1 N–H and O–H groups in total. The third-order valence-electron chi connectivity index (χ3n) is 3.69. The summed E-state index contributed by atoms with van der Waals surface area (Å²) in [4.78, 5) is 2.42. The highest BCUT2D eigenvalue weighted by molar-refractivity contribution is 5.21. The van der Waals surface area contributed by atoms with Crippen LogP contribution < -0.4 is 5.32 Å². The lowest BCUT2D eigenvalue weighted by Gasteiger charge is -2.35. The first-order valence-electron chi connectivity index (χ1n) is 7.02. The van der Waals surface area contributed by atoms with Crippen LogP contribution in [-0.2, 0) is 0 Å². The molecule has 2 rings (SSSR count). The number of halogens is 1. The number of benzene rings is 1. The number of nitrogens with zero attached hydrogens (tertiary/aromatic N) is 1. The molecule has 1 saturated heterocycles. The van der Waals surface area contributed by atoms with Crippen LogP contribution in [0.5, 0.6) is 0 Å². The Morgan fingerprint density at radius 3 is 2.67 bits per heavy atom. The Morgan fingerprint density at radius 2 is 2.00 bits per heavy atom. The summed E-state index contributed by atoms with van der Waals surface area (Å²) < 4.78 is 14.0. The Labute approximate surface area is 109 Å². The van der Waals surface area contributed by atoms with Crippen LogP contribution in [-0.4, -0.2) is 31.1 Å². The van der Waals surface area contributed by atoms with Gasteiger partial charge in [0.2, 0.25) is 0 Å². The standard InChI is InChI=1S/C15H23FN2/c1-2-3-8-15(18-11-9-17-10-12-18)13-6-4-5-7-14(13)16/h4-7,15,17H,2-3,8-12H2,1H3. The van der Waals surface area contributed by atoms with Gasteiger partial charge in [0.1, 0.15) is 5.82 Å². The van der Waals surface area contributed by atoms with Gasteiger partial charge in [0.15, 0.2) is 0 Å². The van der Waals surface area contributed by atoms with Gasteiger partial charge < -0.3 is 5.32 Å². The van der Waals surface area contributed by atoms with Crippen LogP contribution in [0.15, 0.2) is 24.3 Å². The highest BCUT2D eigenvalue weighted by atomic mass is 19.1.